The summed E-state index contributed by atoms with van der Waals surface area (Å²) >= 11 is 0. The van der Waals surface area contributed by atoms with Crippen molar-refractivity contribution in [3.63, 3.8) is 0 Å². The molecule has 2 rings (SSSR count). The van der Waals surface area contributed by atoms with Gasteiger partial charge in [0.1, 0.15) is 0 Å². The molecular weight excluding hydrogens is 264 g/mol. The molecule has 1 aliphatic carbocycles. The van der Waals surface area contributed by atoms with E-state index in [0.717, 1.165) is 32.7 Å². The van der Waals surface area contributed by atoms with Gasteiger partial charge in [-0.05, 0) is 62.4 Å². The van der Waals surface area contributed by atoms with Gasteiger partial charge in [-0.2, -0.15) is 0 Å². The van der Waals surface area contributed by atoms with Gasteiger partial charge in [0.2, 0.25) is 5.91 Å². The fourth-order valence-corrected chi connectivity index (χ4v) is 3.69. The maximum Gasteiger partial charge on any atom is 0.220 e. The minimum atomic E-state index is 0.233. The molecule has 4 heteroatoms. The van der Waals surface area contributed by atoms with E-state index in [1.807, 2.05) is 0 Å². The molecule has 0 radical (unpaired) electrons. The van der Waals surface area contributed by atoms with Crippen molar-refractivity contribution in [2.45, 2.75) is 51.9 Å². The van der Waals surface area contributed by atoms with Crippen LogP contribution in [0.15, 0.2) is 0 Å². The Kier molecular flexibility index (Phi) is 6.49. The van der Waals surface area contributed by atoms with Gasteiger partial charge in [0.15, 0.2) is 0 Å². The van der Waals surface area contributed by atoms with Crippen molar-refractivity contribution in [1.29, 1.82) is 0 Å². The maximum atomic E-state index is 12.2. The maximum absolute atomic E-state index is 12.2. The van der Waals surface area contributed by atoms with E-state index in [1.165, 1.54) is 32.1 Å². The number of rotatable bonds is 8. The lowest BCUT2D eigenvalue weighted by Gasteiger charge is -2.42. The fourth-order valence-electron chi connectivity index (χ4n) is 3.69. The van der Waals surface area contributed by atoms with Crippen molar-refractivity contribution >= 4 is 5.91 Å². The van der Waals surface area contributed by atoms with Crippen LogP contribution >= 0.6 is 0 Å². The number of hydrogen-bond donors (Lipinski definition) is 2. The zero-order chi connectivity index (χ0) is 15.1. The standard InChI is InChI=1S/C17H32N2O2/c1-14(15-5-3-9-18-12-15)11-16(20)19-13-17(6-4-7-17)8-10-21-2/h14-15,18H,3-13H2,1-2H3,(H,19,20). The zero-order valence-corrected chi connectivity index (χ0v) is 13.7. The van der Waals surface area contributed by atoms with Crippen molar-refractivity contribution in [1.82, 2.24) is 10.6 Å². The molecule has 2 unspecified atom stereocenters. The van der Waals surface area contributed by atoms with Crippen LogP contribution in [0.3, 0.4) is 0 Å². The summed E-state index contributed by atoms with van der Waals surface area (Å²) in [5.41, 5.74) is 0.321. The van der Waals surface area contributed by atoms with E-state index in [9.17, 15) is 4.79 Å². The molecule has 1 saturated heterocycles. The summed E-state index contributed by atoms with van der Waals surface area (Å²) < 4.78 is 5.20. The van der Waals surface area contributed by atoms with Crippen molar-refractivity contribution in [3.05, 3.63) is 0 Å². The summed E-state index contributed by atoms with van der Waals surface area (Å²) in [4.78, 5) is 12.2. The molecule has 1 aliphatic heterocycles. The largest absolute Gasteiger partial charge is 0.385 e. The molecule has 1 heterocycles. The first-order chi connectivity index (χ1) is 10.2. The second kappa shape index (κ2) is 8.14. The van der Waals surface area contributed by atoms with Gasteiger partial charge >= 0.3 is 0 Å². The Labute approximate surface area is 129 Å². The third-order valence-electron chi connectivity index (χ3n) is 5.56. The highest BCUT2D eigenvalue weighted by molar-refractivity contribution is 5.76. The summed E-state index contributed by atoms with van der Waals surface area (Å²) in [6, 6.07) is 0. The van der Waals surface area contributed by atoms with Gasteiger partial charge in [-0.3, -0.25) is 4.79 Å². The molecule has 1 amide bonds. The topological polar surface area (TPSA) is 50.4 Å². The van der Waals surface area contributed by atoms with E-state index in [1.54, 1.807) is 7.11 Å². The molecule has 2 aliphatic rings. The predicted octanol–water partition coefficient (Wildman–Crippen LogP) is 2.34. The number of amides is 1. The minimum Gasteiger partial charge on any atom is -0.385 e. The first-order valence-corrected chi connectivity index (χ1v) is 8.61. The van der Waals surface area contributed by atoms with E-state index in [4.69, 9.17) is 4.74 Å². The summed E-state index contributed by atoms with van der Waals surface area (Å²) in [6.07, 6.45) is 8.02. The molecule has 2 N–H and O–H groups in total. The quantitative estimate of drug-likeness (QED) is 0.723. The van der Waals surface area contributed by atoms with Crippen LogP contribution in [0.4, 0.5) is 0 Å². The van der Waals surface area contributed by atoms with Crippen LogP contribution in [0, 0.1) is 17.3 Å². The fraction of sp³-hybridized carbons (Fsp3) is 0.941. The van der Waals surface area contributed by atoms with Gasteiger partial charge in [0.05, 0.1) is 0 Å². The van der Waals surface area contributed by atoms with Crippen LogP contribution in [0.25, 0.3) is 0 Å². The van der Waals surface area contributed by atoms with Crippen molar-refractivity contribution in [2.75, 3.05) is 33.4 Å². The highest BCUT2D eigenvalue weighted by atomic mass is 16.5. The van der Waals surface area contributed by atoms with E-state index < -0.39 is 0 Å². The summed E-state index contributed by atoms with van der Waals surface area (Å²) in [7, 11) is 1.75. The van der Waals surface area contributed by atoms with Gasteiger partial charge in [0, 0.05) is 26.7 Å². The Hall–Kier alpha value is -0.610. The van der Waals surface area contributed by atoms with Crippen LogP contribution in [0.2, 0.25) is 0 Å². The summed E-state index contributed by atoms with van der Waals surface area (Å²) in [5, 5.41) is 6.63. The van der Waals surface area contributed by atoms with Crippen LogP contribution in [-0.2, 0) is 9.53 Å². The Balaban J connectivity index is 1.68. The predicted molar refractivity (Wildman–Crippen MR) is 85.2 cm³/mol. The molecule has 0 aromatic rings. The number of hydrogen-bond acceptors (Lipinski definition) is 3. The van der Waals surface area contributed by atoms with E-state index in [2.05, 4.69) is 17.6 Å². The molecule has 4 nitrogen and oxygen atoms in total. The molecule has 122 valence electrons. The average Bonchev–Trinajstić information content (AvgIpc) is 2.46. The van der Waals surface area contributed by atoms with Crippen molar-refractivity contribution < 1.29 is 9.53 Å². The number of nitrogens with one attached hydrogen (secondary N) is 2. The molecule has 0 aromatic heterocycles. The third kappa shape index (κ3) is 4.96. The minimum absolute atomic E-state index is 0.233. The molecule has 1 saturated carbocycles. The molecule has 0 aromatic carbocycles. The lowest BCUT2D eigenvalue weighted by Crippen LogP contribution is -2.43. The molecule has 0 bridgehead atoms. The van der Waals surface area contributed by atoms with Crippen LogP contribution in [0.5, 0.6) is 0 Å². The van der Waals surface area contributed by atoms with Crippen molar-refractivity contribution in [3.8, 4) is 0 Å². The number of carbonyl (C=O) groups excluding carboxylic acids is 1. The number of methoxy groups -OCH3 is 1. The van der Waals surface area contributed by atoms with Crippen LogP contribution in [0.1, 0.15) is 51.9 Å². The van der Waals surface area contributed by atoms with Crippen LogP contribution in [-0.4, -0.2) is 39.3 Å². The van der Waals surface area contributed by atoms with Gasteiger partial charge < -0.3 is 15.4 Å². The number of ether oxygens (including phenoxy) is 1. The van der Waals surface area contributed by atoms with Gasteiger partial charge in [-0.15, -0.1) is 0 Å². The molecule has 2 atom stereocenters. The smallest absolute Gasteiger partial charge is 0.220 e. The monoisotopic (exact) mass is 296 g/mol. The van der Waals surface area contributed by atoms with Crippen LogP contribution < -0.4 is 10.6 Å². The van der Waals surface area contributed by atoms with E-state index in [0.29, 0.717) is 23.7 Å². The summed E-state index contributed by atoms with van der Waals surface area (Å²) in [6.45, 7) is 6.08. The highest BCUT2D eigenvalue weighted by Gasteiger charge is 2.36. The molecule has 0 spiro atoms. The Bertz CT molecular complexity index is 323. The van der Waals surface area contributed by atoms with Gasteiger partial charge in [0.25, 0.3) is 0 Å². The molecule has 21 heavy (non-hydrogen) atoms. The Morgan fingerprint density at radius 2 is 2.24 bits per heavy atom. The molecule has 2 fully saturated rings. The van der Waals surface area contributed by atoms with E-state index >= 15 is 0 Å². The lowest BCUT2D eigenvalue weighted by atomic mass is 9.66. The third-order valence-corrected chi connectivity index (χ3v) is 5.56. The number of carbonyl (C=O) groups is 1. The lowest BCUT2D eigenvalue weighted by molar-refractivity contribution is -0.123. The second-order valence-corrected chi connectivity index (χ2v) is 7.16. The first-order valence-electron chi connectivity index (χ1n) is 8.61. The van der Waals surface area contributed by atoms with Gasteiger partial charge in [-0.1, -0.05) is 13.3 Å². The van der Waals surface area contributed by atoms with E-state index in [-0.39, 0.29) is 5.91 Å². The summed E-state index contributed by atoms with van der Waals surface area (Å²) in [5.74, 6) is 1.38. The normalized spacial score (nSPS) is 25.9. The Morgan fingerprint density at radius 1 is 1.43 bits per heavy atom. The molecular formula is C17H32N2O2. The van der Waals surface area contributed by atoms with Crippen molar-refractivity contribution in [2.24, 2.45) is 17.3 Å². The highest BCUT2D eigenvalue weighted by Crippen LogP contribution is 2.43. The van der Waals surface area contributed by atoms with Gasteiger partial charge in [-0.25, -0.2) is 0 Å². The Morgan fingerprint density at radius 3 is 2.81 bits per heavy atom. The average molecular weight is 296 g/mol. The second-order valence-electron chi connectivity index (χ2n) is 7.16. The number of piperidine rings is 1. The first kappa shape index (κ1) is 16.8. The SMILES string of the molecule is COCCC1(CNC(=O)CC(C)C2CCCNC2)CCC1. The zero-order valence-electron chi connectivity index (χ0n) is 13.7.